The second-order valence-corrected chi connectivity index (χ2v) is 4.71. The molecule has 4 nitrogen and oxygen atoms in total. The van der Waals surface area contributed by atoms with Crippen LogP contribution in [0.15, 0.2) is 0 Å². The van der Waals surface area contributed by atoms with E-state index in [4.69, 9.17) is 14.7 Å². The molecule has 1 rings (SSSR count). The average molecular weight is 240 g/mol. The van der Waals surface area contributed by atoms with Gasteiger partial charge in [0, 0.05) is 19.1 Å². The van der Waals surface area contributed by atoms with Gasteiger partial charge in [0.05, 0.1) is 19.3 Å². The Hall–Kier alpha value is -0.630. The monoisotopic (exact) mass is 240 g/mol. The predicted molar refractivity (Wildman–Crippen MR) is 66.7 cm³/mol. The van der Waals surface area contributed by atoms with E-state index in [1.807, 2.05) is 14.0 Å². The Morgan fingerprint density at radius 2 is 2.41 bits per heavy atom. The summed E-state index contributed by atoms with van der Waals surface area (Å²) in [6, 6.07) is 2.36. The molecule has 4 heteroatoms. The van der Waals surface area contributed by atoms with Gasteiger partial charge in [-0.15, -0.1) is 0 Å². The van der Waals surface area contributed by atoms with Crippen molar-refractivity contribution in [3.63, 3.8) is 0 Å². The molecule has 17 heavy (non-hydrogen) atoms. The molecule has 2 unspecified atom stereocenters. The third kappa shape index (κ3) is 4.63. The van der Waals surface area contributed by atoms with Gasteiger partial charge in [-0.3, -0.25) is 0 Å². The summed E-state index contributed by atoms with van der Waals surface area (Å²) in [7, 11) is 1.85. The summed E-state index contributed by atoms with van der Waals surface area (Å²) in [5, 5.41) is 12.2. The molecular weight excluding hydrogens is 216 g/mol. The third-order valence-electron chi connectivity index (χ3n) is 3.57. The molecule has 1 heterocycles. The molecule has 0 aromatic heterocycles. The van der Waals surface area contributed by atoms with Crippen molar-refractivity contribution in [2.75, 3.05) is 33.5 Å². The van der Waals surface area contributed by atoms with Crippen LogP contribution in [0.1, 0.15) is 32.6 Å². The van der Waals surface area contributed by atoms with Gasteiger partial charge in [-0.05, 0) is 32.7 Å². The first-order chi connectivity index (χ1) is 8.26. The van der Waals surface area contributed by atoms with E-state index in [0.717, 1.165) is 52.1 Å². The zero-order valence-corrected chi connectivity index (χ0v) is 11.0. The van der Waals surface area contributed by atoms with Crippen molar-refractivity contribution >= 4 is 0 Å². The van der Waals surface area contributed by atoms with Gasteiger partial charge >= 0.3 is 0 Å². The van der Waals surface area contributed by atoms with Crippen molar-refractivity contribution in [3.05, 3.63) is 0 Å². The van der Waals surface area contributed by atoms with Crippen LogP contribution < -0.4 is 5.32 Å². The van der Waals surface area contributed by atoms with Crippen molar-refractivity contribution < 1.29 is 9.47 Å². The van der Waals surface area contributed by atoms with Gasteiger partial charge in [0.2, 0.25) is 0 Å². The topological polar surface area (TPSA) is 54.3 Å². The summed E-state index contributed by atoms with van der Waals surface area (Å²) >= 11 is 0. The summed E-state index contributed by atoms with van der Waals surface area (Å²) in [5.41, 5.74) is -0.375. The van der Waals surface area contributed by atoms with E-state index >= 15 is 0 Å². The van der Waals surface area contributed by atoms with Crippen LogP contribution in [-0.4, -0.2) is 39.0 Å². The number of nitrogens with one attached hydrogen (secondary N) is 1. The van der Waals surface area contributed by atoms with Crippen LogP contribution in [0.4, 0.5) is 0 Å². The van der Waals surface area contributed by atoms with Crippen molar-refractivity contribution in [2.24, 2.45) is 5.92 Å². The molecule has 0 aromatic rings. The third-order valence-corrected chi connectivity index (χ3v) is 3.57. The molecular formula is C13H24N2O2. The second kappa shape index (κ2) is 7.65. The average Bonchev–Trinajstić information content (AvgIpc) is 2.88. The minimum atomic E-state index is -0.375. The van der Waals surface area contributed by atoms with E-state index in [1.54, 1.807) is 0 Å². The van der Waals surface area contributed by atoms with E-state index in [0.29, 0.717) is 5.92 Å². The molecule has 0 bridgehead atoms. The van der Waals surface area contributed by atoms with Gasteiger partial charge in [0.1, 0.15) is 5.54 Å². The van der Waals surface area contributed by atoms with Crippen LogP contribution in [0.3, 0.4) is 0 Å². The highest BCUT2D eigenvalue weighted by molar-refractivity contribution is 5.05. The largest absolute Gasteiger partial charge is 0.381 e. The van der Waals surface area contributed by atoms with Gasteiger partial charge in [-0.2, -0.15) is 5.26 Å². The molecule has 1 saturated heterocycles. The van der Waals surface area contributed by atoms with Gasteiger partial charge in [-0.1, -0.05) is 6.92 Å². The molecule has 1 fully saturated rings. The van der Waals surface area contributed by atoms with Gasteiger partial charge in [-0.25, -0.2) is 0 Å². The molecule has 0 radical (unpaired) electrons. The summed E-state index contributed by atoms with van der Waals surface area (Å²) in [6.45, 7) is 5.29. The number of ether oxygens (including phenoxy) is 2. The van der Waals surface area contributed by atoms with Gasteiger partial charge < -0.3 is 14.8 Å². The second-order valence-electron chi connectivity index (χ2n) is 4.71. The lowest BCUT2D eigenvalue weighted by Gasteiger charge is -2.24. The predicted octanol–water partition coefficient (Wildman–Crippen LogP) is 1.71. The molecule has 0 spiro atoms. The number of rotatable bonds is 8. The first kappa shape index (κ1) is 14.4. The summed E-state index contributed by atoms with van der Waals surface area (Å²) in [5.74, 6) is 0.575. The smallest absolute Gasteiger partial charge is 0.106 e. The first-order valence-electron chi connectivity index (χ1n) is 6.52. The van der Waals surface area contributed by atoms with E-state index < -0.39 is 0 Å². The Kier molecular flexibility index (Phi) is 6.49. The van der Waals surface area contributed by atoms with Gasteiger partial charge in [0.15, 0.2) is 0 Å². The maximum Gasteiger partial charge on any atom is 0.106 e. The van der Waals surface area contributed by atoms with E-state index in [-0.39, 0.29) is 5.54 Å². The van der Waals surface area contributed by atoms with Crippen LogP contribution in [0, 0.1) is 17.2 Å². The lowest BCUT2D eigenvalue weighted by atomic mass is 9.92. The first-order valence-corrected chi connectivity index (χ1v) is 6.52. The van der Waals surface area contributed by atoms with Crippen molar-refractivity contribution in [1.29, 1.82) is 5.26 Å². The Morgan fingerprint density at radius 1 is 1.59 bits per heavy atom. The highest BCUT2D eigenvalue weighted by Gasteiger charge is 2.24. The SMILES string of the molecule is CCC(C#N)(CCCOCC1CCOC1)NC. The molecule has 0 amide bonds. The fraction of sp³-hybridized carbons (Fsp3) is 0.923. The quantitative estimate of drug-likeness (QED) is 0.656. The lowest BCUT2D eigenvalue weighted by molar-refractivity contribution is 0.0846. The fourth-order valence-electron chi connectivity index (χ4n) is 2.11. The molecule has 2 atom stereocenters. The zero-order chi connectivity index (χ0) is 12.6. The highest BCUT2D eigenvalue weighted by atomic mass is 16.5. The molecule has 0 saturated carbocycles. The number of nitrogens with zero attached hydrogens (tertiary/aromatic N) is 1. The van der Waals surface area contributed by atoms with Crippen LogP contribution in [0.5, 0.6) is 0 Å². The summed E-state index contributed by atoms with van der Waals surface area (Å²) in [6.07, 6.45) is 3.72. The van der Waals surface area contributed by atoms with Crippen molar-refractivity contribution in [3.8, 4) is 6.07 Å². The van der Waals surface area contributed by atoms with E-state index in [1.165, 1.54) is 0 Å². The highest BCUT2D eigenvalue weighted by Crippen LogP contribution is 2.16. The Morgan fingerprint density at radius 3 is 2.94 bits per heavy atom. The minimum Gasteiger partial charge on any atom is -0.381 e. The van der Waals surface area contributed by atoms with Crippen LogP contribution in [-0.2, 0) is 9.47 Å². The molecule has 98 valence electrons. The van der Waals surface area contributed by atoms with Crippen LogP contribution in [0.2, 0.25) is 0 Å². The maximum atomic E-state index is 9.14. The molecule has 1 aliphatic rings. The standard InChI is InChI=1S/C13H24N2O2/c1-3-13(11-14,15-2)6-4-7-16-9-12-5-8-17-10-12/h12,15H,3-10H2,1-2H3. The van der Waals surface area contributed by atoms with E-state index in [2.05, 4.69) is 11.4 Å². The normalized spacial score (nSPS) is 23.2. The molecule has 1 N–H and O–H groups in total. The van der Waals surface area contributed by atoms with Crippen LogP contribution >= 0.6 is 0 Å². The van der Waals surface area contributed by atoms with Crippen LogP contribution in [0.25, 0.3) is 0 Å². The Labute approximate surface area is 104 Å². The minimum absolute atomic E-state index is 0.375. The Balaban J connectivity index is 2.08. The Bertz CT molecular complexity index is 240. The molecule has 1 aliphatic heterocycles. The fourth-order valence-corrected chi connectivity index (χ4v) is 2.11. The zero-order valence-electron chi connectivity index (χ0n) is 11.0. The molecule has 0 aromatic carbocycles. The van der Waals surface area contributed by atoms with Crippen molar-refractivity contribution in [2.45, 2.75) is 38.1 Å². The summed E-state index contributed by atoms with van der Waals surface area (Å²) < 4.78 is 10.9. The van der Waals surface area contributed by atoms with E-state index in [9.17, 15) is 0 Å². The molecule has 0 aliphatic carbocycles. The summed E-state index contributed by atoms with van der Waals surface area (Å²) in [4.78, 5) is 0. The van der Waals surface area contributed by atoms with Gasteiger partial charge in [0.25, 0.3) is 0 Å². The van der Waals surface area contributed by atoms with Crippen molar-refractivity contribution in [1.82, 2.24) is 5.32 Å². The maximum absolute atomic E-state index is 9.14. The number of nitriles is 1. The number of hydrogen-bond donors (Lipinski definition) is 1. The number of hydrogen-bond acceptors (Lipinski definition) is 4. The lowest BCUT2D eigenvalue weighted by Crippen LogP contribution is -2.40.